The Morgan fingerprint density at radius 1 is 1.08 bits per heavy atom. The van der Waals surface area contributed by atoms with Crippen LogP contribution in [0, 0.1) is 6.92 Å². The van der Waals surface area contributed by atoms with Crippen LogP contribution in [0.1, 0.15) is 5.56 Å². The first kappa shape index (κ1) is 19.3. The third kappa shape index (κ3) is 4.63. The minimum Gasteiger partial charge on any atom is -0.369 e. The highest BCUT2D eigenvalue weighted by Gasteiger charge is 2.20. The summed E-state index contributed by atoms with van der Waals surface area (Å²) >= 11 is 18.2. The number of piperazine rings is 1. The molecule has 1 aliphatic heterocycles. The van der Waals surface area contributed by atoms with Gasteiger partial charge in [-0.2, -0.15) is 0 Å². The van der Waals surface area contributed by atoms with E-state index >= 15 is 0 Å². The van der Waals surface area contributed by atoms with Crippen molar-refractivity contribution in [2.24, 2.45) is 0 Å². The first-order chi connectivity index (χ1) is 12.4. The highest BCUT2D eigenvalue weighted by atomic mass is 35.5. The molecule has 1 fully saturated rings. The summed E-state index contributed by atoms with van der Waals surface area (Å²) in [4.78, 5) is 16.7. The molecule has 2 aromatic carbocycles. The molecule has 4 nitrogen and oxygen atoms in total. The van der Waals surface area contributed by atoms with Gasteiger partial charge in [-0.15, -0.1) is 0 Å². The Balaban J connectivity index is 1.54. The second-order valence-electron chi connectivity index (χ2n) is 6.34. The van der Waals surface area contributed by atoms with Crippen LogP contribution in [0.5, 0.6) is 0 Å². The Morgan fingerprint density at radius 2 is 1.81 bits per heavy atom. The maximum Gasteiger partial charge on any atom is 0.238 e. The summed E-state index contributed by atoms with van der Waals surface area (Å²) in [6.07, 6.45) is 0. The van der Waals surface area contributed by atoms with Crippen molar-refractivity contribution < 1.29 is 4.79 Å². The van der Waals surface area contributed by atoms with Crippen LogP contribution in [-0.2, 0) is 4.79 Å². The molecule has 3 rings (SSSR count). The van der Waals surface area contributed by atoms with E-state index in [0.717, 1.165) is 36.9 Å². The van der Waals surface area contributed by atoms with E-state index in [1.807, 2.05) is 18.2 Å². The zero-order valence-electron chi connectivity index (χ0n) is 14.4. The molecule has 1 heterocycles. The molecule has 2 aromatic rings. The SMILES string of the molecule is Cc1ccc(Cl)cc1N1CCN(CC(=O)Nc2cccc(Cl)c2Cl)CC1. The Hall–Kier alpha value is -1.46. The second-order valence-corrected chi connectivity index (χ2v) is 7.57. The predicted molar refractivity (Wildman–Crippen MR) is 110 cm³/mol. The van der Waals surface area contributed by atoms with E-state index in [9.17, 15) is 4.79 Å². The maximum absolute atomic E-state index is 12.3. The summed E-state index contributed by atoms with van der Waals surface area (Å²) in [5.74, 6) is -0.0958. The molecule has 0 spiro atoms. The molecule has 1 aliphatic rings. The first-order valence-electron chi connectivity index (χ1n) is 8.41. The zero-order chi connectivity index (χ0) is 18.7. The molecule has 0 saturated carbocycles. The molecule has 1 saturated heterocycles. The summed E-state index contributed by atoms with van der Waals surface area (Å²) in [6, 6.07) is 11.1. The van der Waals surface area contributed by atoms with Crippen molar-refractivity contribution in [3.63, 3.8) is 0 Å². The number of benzene rings is 2. The molecule has 7 heteroatoms. The Morgan fingerprint density at radius 3 is 2.54 bits per heavy atom. The minimum absolute atomic E-state index is 0.0958. The summed E-state index contributed by atoms with van der Waals surface area (Å²) in [7, 11) is 0. The molecule has 0 unspecified atom stereocenters. The molecule has 0 aliphatic carbocycles. The molecule has 138 valence electrons. The molecule has 0 bridgehead atoms. The van der Waals surface area contributed by atoms with E-state index in [-0.39, 0.29) is 5.91 Å². The highest BCUT2D eigenvalue weighted by molar-refractivity contribution is 6.44. The number of nitrogens with zero attached hydrogens (tertiary/aromatic N) is 2. The Kier molecular flexibility index (Phi) is 6.30. The van der Waals surface area contributed by atoms with Crippen molar-refractivity contribution in [1.29, 1.82) is 0 Å². The second kappa shape index (κ2) is 8.49. The lowest BCUT2D eigenvalue weighted by atomic mass is 10.1. The van der Waals surface area contributed by atoms with Gasteiger partial charge in [0, 0.05) is 36.9 Å². The largest absolute Gasteiger partial charge is 0.369 e. The minimum atomic E-state index is -0.0958. The number of hydrogen-bond donors (Lipinski definition) is 1. The van der Waals surface area contributed by atoms with Gasteiger partial charge < -0.3 is 10.2 Å². The fraction of sp³-hybridized carbons (Fsp3) is 0.316. The number of rotatable bonds is 4. The molecule has 0 aromatic heterocycles. The van der Waals surface area contributed by atoms with Gasteiger partial charge in [-0.1, -0.05) is 46.9 Å². The highest BCUT2D eigenvalue weighted by Crippen LogP contribution is 2.29. The molecule has 1 amide bonds. The summed E-state index contributed by atoms with van der Waals surface area (Å²) in [5.41, 5.74) is 2.90. The van der Waals surface area contributed by atoms with Crippen LogP contribution < -0.4 is 10.2 Å². The van der Waals surface area contributed by atoms with Crippen LogP contribution in [0.4, 0.5) is 11.4 Å². The van der Waals surface area contributed by atoms with Crippen molar-refractivity contribution in [3.05, 3.63) is 57.0 Å². The number of halogens is 3. The van der Waals surface area contributed by atoms with Crippen LogP contribution in [0.2, 0.25) is 15.1 Å². The van der Waals surface area contributed by atoms with Crippen molar-refractivity contribution in [1.82, 2.24) is 4.90 Å². The summed E-state index contributed by atoms with van der Waals surface area (Å²) < 4.78 is 0. The van der Waals surface area contributed by atoms with Gasteiger partial charge in [0.2, 0.25) is 5.91 Å². The average Bonchev–Trinajstić information content (AvgIpc) is 2.62. The van der Waals surface area contributed by atoms with Crippen molar-refractivity contribution in [3.8, 4) is 0 Å². The third-order valence-electron chi connectivity index (χ3n) is 4.48. The van der Waals surface area contributed by atoms with Crippen molar-refractivity contribution in [2.45, 2.75) is 6.92 Å². The van der Waals surface area contributed by atoms with Gasteiger partial charge in [-0.3, -0.25) is 9.69 Å². The molecule has 0 atom stereocenters. The standard InChI is InChI=1S/C19H20Cl3N3O/c1-13-5-6-14(20)11-17(13)25-9-7-24(8-10-25)12-18(26)23-16-4-2-3-15(21)19(16)22/h2-6,11H,7-10,12H2,1H3,(H,23,26). The summed E-state index contributed by atoms with van der Waals surface area (Å²) in [5, 5.41) is 4.36. The van der Waals surface area contributed by atoms with Crippen LogP contribution in [0.3, 0.4) is 0 Å². The molecular formula is C19H20Cl3N3O. The lowest BCUT2D eigenvalue weighted by Gasteiger charge is -2.36. The van der Waals surface area contributed by atoms with Crippen LogP contribution in [0.25, 0.3) is 0 Å². The van der Waals surface area contributed by atoms with Crippen LogP contribution in [-0.4, -0.2) is 43.5 Å². The topological polar surface area (TPSA) is 35.6 Å². The number of amides is 1. The van der Waals surface area contributed by atoms with Crippen molar-refractivity contribution >= 4 is 52.1 Å². The van der Waals surface area contributed by atoms with E-state index in [1.165, 1.54) is 5.56 Å². The fourth-order valence-corrected chi connectivity index (χ4v) is 3.58. The number of nitrogens with one attached hydrogen (secondary N) is 1. The van der Waals surface area contributed by atoms with Gasteiger partial charge in [0.05, 0.1) is 22.3 Å². The smallest absolute Gasteiger partial charge is 0.238 e. The lowest BCUT2D eigenvalue weighted by Crippen LogP contribution is -2.48. The van der Waals surface area contributed by atoms with E-state index in [0.29, 0.717) is 22.3 Å². The maximum atomic E-state index is 12.3. The molecular weight excluding hydrogens is 393 g/mol. The Labute approximate surface area is 168 Å². The van der Waals surface area contributed by atoms with Gasteiger partial charge in [-0.25, -0.2) is 0 Å². The molecule has 1 N–H and O–H groups in total. The Bertz CT molecular complexity index is 805. The van der Waals surface area contributed by atoms with Gasteiger partial charge in [-0.05, 0) is 36.8 Å². The van der Waals surface area contributed by atoms with Crippen LogP contribution in [0.15, 0.2) is 36.4 Å². The van der Waals surface area contributed by atoms with Gasteiger partial charge in [0.25, 0.3) is 0 Å². The van der Waals surface area contributed by atoms with E-state index in [2.05, 4.69) is 22.0 Å². The molecule has 26 heavy (non-hydrogen) atoms. The third-order valence-corrected chi connectivity index (χ3v) is 5.53. The monoisotopic (exact) mass is 411 g/mol. The first-order valence-corrected chi connectivity index (χ1v) is 9.55. The van der Waals surface area contributed by atoms with E-state index < -0.39 is 0 Å². The fourth-order valence-electron chi connectivity index (χ4n) is 3.06. The number of hydrogen-bond acceptors (Lipinski definition) is 3. The summed E-state index contributed by atoms with van der Waals surface area (Å²) in [6.45, 7) is 5.73. The van der Waals surface area contributed by atoms with E-state index in [1.54, 1.807) is 18.2 Å². The van der Waals surface area contributed by atoms with E-state index in [4.69, 9.17) is 34.8 Å². The van der Waals surface area contributed by atoms with Gasteiger partial charge >= 0.3 is 0 Å². The average molecular weight is 413 g/mol. The van der Waals surface area contributed by atoms with Gasteiger partial charge in [0.15, 0.2) is 0 Å². The number of carbonyl (C=O) groups excluding carboxylic acids is 1. The lowest BCUT2D eigenvalue weighted by molar-refractivity contribution is -0.117. The normalized spacial score (nSPS) is 15.2. The van der Waals surface area contributed by atoms with Crippen LogP contribution >= 0.6 is 34.8 Å². The number of aryl methyl sites for hydroxylation is 1. The number of carbonyl (C=O) groups is 1. The molecule has 0 radical (unpaired) electrons. The predicted octanol–water partition coefficient (Wildman–Crippen LogP) is 4.72. The quantitative estimate of drug-likeness (QED) is 0.789. The van der Waals surface area contributed by atoms with Gasteiger partial charge in [0.1, 0.15) is 0 Å². The number of anilines is 2. The van der Waals surface area contributed by atoms with Crippen molar-refractivity contribution in [2.75, 3.05) is 42.9 Å². The zero-order valence-corrected chi connectivity index (χ0v) is 16.7.